The highest BCUT2D eigenvalue weighted by Gasteiger charge is 2.24. The van der Waals surface area contributed by atoms with Gasteiger partial charge in [-0.2, -0.15) is 0 Å². The molecule has 1 atom stereocenters. The van der Waals surface area contributed by atoms with Gasteiger partial charge in [-0.05, 0) is 116 Å². The average molecular weight is 921 g/mol. The number of rotatable bonds is 17. The van der Waals surface area contributed by atoms with Gasteiger partial charge in [0.25, 0.3) is 5.91 Å². The van der Waals surface area contributed by atoms with E-state index in [1.54, 1.807) is 35.9 Å². The largest absolute Gasteiger partial charge is 0.506 e. The Bertz CT molecular complexity index is 2960. The summed E-state index contributed by atoms with van der Waals surface area (Å²) in [7, 11) is 3.46. The number of ether oxygens (including phenoxy) is 1. The Morgan fingerprint density at radius 2 is 1.70 bits per heavy atom. The lowest BCUT2D eigenvalue weighted by molar-refractivity contribution is 0.100. The number of hydrogen-bond acceptors (Lipinski definition) is 11. The lowest BCUT2D eigenvalue weighted by Gasteiger charge is -2.37. The number of methoxy groups -OCH3 is 1. The maximum Gasteiger partial charge on any atom is 0.320 e. The molecule has 2 aromatic heterocycles. The van der Waals surface area contributed by atoms with Crippen LogP contribution in [0.1, 0.15) is 51.6 Å². The van der Waals surface area contributed by atoms with E-state index in [1.807, 2.05) is 61.3 Å². The van der Waals surface area contributed by atoms with Gasteiger partial charge in [0.15, 0.2) is 0 Å². The van der Waals surface area contributed by atoms with E-state index in [9.17, 15) is 24.6 Å². The number of carbonyl (C=O) groups excluding carboxylic acids is 2. The summed E-state index contributed by atoms with van der Waals surface area (Å²) in [5.41, 5.74) is 13.3. The van der Waals surface area contributed by atoms with Crippen LogP contribution in [0.25, 0.3) is 21.8 Å². The number of amides is 3. The first kappa shape index (κ1) is 46.5. The van der Waals surface area contributed by atoms with Gasteiger partial charge in [0, 0.05) is 96.6 Å². The number of aryl methyl sites for hydroxylation is 2. The van der Waals surface area contributed by atoms with Crippen molar-refractivity contribution in [1.82, 2.24) is 25.1 Å². The van der Waals surface area contributed by atoms with E-state index in [1.165, 1.54) is 23.9 Å². The summed E-state index contributed by atoms with van der Waals surface area (Å²) >= 11 is 1.60. The van der Waals surface area contributed by atoms with Crippen molar-refractivity contribution >= 4 is 62.6 Å². The fourth-order valence-electron chi connectivity index (χ4n) is 8.61. The van der Waals surface area contributed by atoms with Crippen LogP contribution >= 0.6 is 11.8 Å². The summed E-state index contributed by atoms with van der Waals surface area (Å²) in [5.74, 6) is 0.0758. The van der Waals surface area contributed by atoms with Gasteiger partial charge in [-0.3, -0.25) is 14.6 Å². The molecule has 0 radical (unpaired) electrons. The zero-order valence-electron chi connectivity index (χ0n) is 37.9. The lowest BCUT2D eigenvalue weighted by Crippen LogP contribution is -2.52. The smallest absolute Gasteiger partial charge is 0.320 e. The van der Waals surface area contributed by atoms with Crippen molar-refractivity contribution in [1.29, 1.82) is 0 Å². The maximum atomic E-state index is 13.7. The summed E-state index contributed by atoms with van der Waals surface area (Å²) in [5, 5.41) is 29.1. The monoisotopic (exact) mass is 920 g/mol. The standard InChI is InChI=1S/C52H56N8O6S/c1-33-26-40(29-43-48(33)55-30-44(51(53)64)49(43)56-36-10-7-11-38(28-36)66-3)67-39-12-6-9-35(27-39)32-58(2)52(65)60-24-22-59(23-25-60)37-15-13-34(14-16-37)8-4-5-21-54-31-46(62)41-17-19-45(61)50-42(41)18-20-47(63)57-50/h6-7,9-20,26-30,46,54,61-62H,4-5,8,21-25,31-32H2,1-3H3,(H2,53,64)(H,55,56)(H,57,63)/t46-/m0/s1. The van der Waals surface area contributed by atoms with Crippen LogP contribution < -0.4 is 31.6 Å². The van der Waals surface area contributed by atoms with Gasteiger partial charge < -0.3 is 51.0 Å². The van der Waals surface area contributed by atoms with E-state index in [-0.39, 0.29) is 22.9 Å². The zero-order valence-corrected chi connectivity index (χ0v) is 38.7. The molecule has 8 rings (SSSR count). The molecule has 346 valence electrons. The van der Waals surface area contributed by atoms with Gasteiger partial charge in [0.1, 0.15) is 11.5 Å². The van der Waals surface area contributed by atoms with Crippen molar-refractivity contribution in [2.75, 3.05) is 63.6 Å². The number of urea groups is 1. The Balaban J connectivity index is 0.798. The third-order valence-corrected chi connectivity index (χ3v) is 13.1. The normalized spacial score (nSPS) is 13.2. The average Bonchev–Trinajstić information content (AvgIpc) is 3.33. The second-order valence-corrected chi connectivity index (χ2v) is 18.0. The molecule has 1 aliphatic rings. The molecule has 1 fully saturated rings. The molecule has 7 N–H and O–H groups in total. The van der Waals surface area contributed by atoms with Crippen LogP contribution in [-0.2, 0) is 13.0 Å². The van der Waals surface area contributed by atoms with Crippen LogP contribution in [0.15, 0.2) is 130 Å². The molecule has 0 spiro atoms. The minimum atomic E-state index is -0.782. The maximum absolute atomic E-state index is 13.7. The number of primary amides is 1. The molecule has 14 nitrogen and oxygen atoms in total. The highest BCUT2D eigenvalue weighted by atomic mass is 32.2. The molecule has 7 aromatic rings. The number of carbonyl (C=O) groups is 2. The fraction of sp³-hybridized carbons (Fsp3) is 0.269. The molecule has 3 amide bonds. The molecule has 0 unspecified atom stereocenters. The minimum Gasteiger partial charge on any atom is -0.506 e. The summed E-state index contributed by atoms with van der Waals surface area (Å²) < 4.78 is 5.41. The predicted octanol–water partition coefficient (Wildman–Crippen LogP) is 8.11. The first-order valence-corrected chi connectivity index (χ1v) is 23.2. The first-order chi connectivity index (χ1) is 32.4. The van der Waals surface area contributed by atoms with Gasteiger partial charge in [0.05, 0.1) is 35.5 Å². The number of nitrogens with one attached hydrogen (secondary N) is 3. The Hall–Kier alpha value is -7.07. The number of nitrogens with zero attached hydrogens (tertiary/aromatic N) is 4. The van der Waals surface area contributed by atoms with E-state index in [0.717, 1.165) is 82.1 Å². The van der Waals surface area contributed by atoms with Crippen LogP contribution in [0.3, 0.4) is 0 Å². The van der Waals surface area contributed by atoms with Crippen molar-refractivity contribution in [3.05, 3.63) is 154 Å². The number of pyridine rings is 2. The molecule has 0 aliphatic carbocycles. The third-order valence-electron chi connectivity index (χ3n) is 12.1. The Morgan fingerprint density at radius 1 is 0.910 bits per heavy atom. The first-order valence-electron chi connectivity index (χ1n) is 22.4. The van der Waals surface area contributed by atoms with Crippen molar-refractivity contribution in [2.45, 2.75) is 48.6 Å². The second-order valence-electron chi connectivity index (χ2n) is 16.9. The predicted molar refractivity (Wildman–Crippen MR) is 266 cm³/mol. The van der Waals surface area contributed by atoms with E-state index >= 15 is 0 Å². The number of hydrogen-bond donors (Lipinski definition) is 6. The van der Waals surface area contributed by atoms with Crippen molar-refractivity contribution in [3.63, 3.8) is 0 Å². The summed E-state index contributed by atoms with van der Waals surface area (Å²) in [6, 6.07) is 34.7. The second kappa shape index (κ2) is 21.0. The van der Waals surface area contributed by atoms with Crippen LogP contribution in [0.4, 0.5) is 21.9 Å². The third kappa shape index (κ3) is 11.1. The van der Waals surface area contributed by atoms with Gasteiger partial charge in [-0.25, -0.2) is 4.79 Å². The quantitative estimate of drug-likeness (QED) is 0.0484. The molecule has 1 saturated heterocycles. The van der Waals surface area contributed by atoms with Crippen LogP contribution in [0.2, 0.25) is 0 Å². The molecule has 3 heterocycles. The number of aliphatic hydroxyl groups excluding tert-OH is 1. The van der Waals surface area contributed by atoms with E-state index in [2.05, 4.69) is 68.0 Å². The van der Waals surface area contributed by atoms with Gasteiger partial charge >= 0.3 is 6.03 Å². The van der Waals surface area contributed by atoms with Crippen molar-refractivity contribution < 1.29 is 24.5 Å². The number of anilines is 3. The summed E-state index contributed by atoms with van der Waals surface area (Å²) in [6.45, 7) is 6.34. The number of aromatic hydroxyl groups is 1. The van der Waals surface area contributed by atoms with Crippen molar-refractivity contribution in [2.24, 2.45) is 5.73 Å². The highest BCUT2D eigenvalue weighted by molar-refractivity contribution is 7.99. The van der Waals surface area contributed by atoms with Gasteiger partial charge in [-0.15, -0.1) is 0 Å². The Kier molecular flexibility index (Phi) is 14.6. The Morgan fingerprint density at radius 3 is 2.48 bits per heavy atom. The number of phenols is 1. The van der Waals surface area contributed by atoms with E-state index in [0.29, 0.717) is 54.1 Å². The number of aliphatic hydroxyl groups is 1. The summed E-state index contributed by atoms with van der Waals surface area (Å²) in [6.07, 6.45) is 3.63. The molecular formula is C52H56N8O6S. The Labute approximate surface area is 393 Å². The number of nitrogens with two attached hydrogens (primary N) is 1. The molecule has 0 bridgehead atoms. The number of aromatic amines is 1. The topological polar surface area (TPSA) is 189 Å². The van der Waals surface area contributed by atoms with Crippen molar-refractivity contribution in [3.8, 4) is 11.5 Å². The van der Waals surface area contributed by atoms with Crippen LogP contribution in [-0.4, -0.2) is 95.3 Å². The molecule has 1 aliphatic heterocycles. The van der Waals surface area contributed by atoms with E-state index < -0.39 is 12.0 Å². The number of piperazine rings is 1. The number of fused-ring (bicyclic) bond motifs is 2. The number of phenolic OH excluding ortho intramolecular Hbond substituents is 1. The molecule has 67 heavy (non-hydrogen) atoms. The molecule has 5 aromatic carbocycles. The number of unbranched alkanes of at least 4 members (excludes halogenated alkanes) is 1. The summed E-state index contributed by atoms with van der Waals surface area (Å²) in [4.78, 5) is 53.2. The van der Waals surface area contributed by atoms with Crippen LogP contribution in [0, 0.1) is 6.92 Å². The molecule has 0 saturated carbocycles. The lowest BCUT2D eigenvalue weighted by atomic mass is 10.0. The molecular weight excluding hydrogens is 865 g/mol. The van der Waals surface area contributed by atoms with E-state index in [4.69, 9.17) is 10.5 Å². The number of aromatic nitrogens is 2. The van der Waals surface area contributed by atoms with Crippen LogP contribution in [0.5, 0.6) is 11.5 Å². The number of H-pyrrole nitrogens is 1. The van der Waals surface area contributed by atoms with Gasteiger partial charge in [-0.1, -0.05) is 48.2 Å². The van der Waals surface area contributed by atoms with Gasteiger partial charge in [0.2, 0.25) is 5.56 Å². The number of benzene rings is 5. The fourth-order valence-corrected chi connectivity index (χ4v) is 9.65. The molecule has 15 heteroatoms. The highest BCUT2D eigenvalue weighted by Crippen LogP contribution is 2.37. The minimum absolute atomic E-state index is 0.00226. The SMILES string of the molecule is COc1cccc(Nc2c(C(N)=O)cnc3c(C)cc(Sc4cccc(CN(C)C(=O)N5CCN(c6ccc(CCCCNC[C@H](O)c7ccc(O)c8[nH]c(=O)ccc78)cc6)CC5)c4)cc23)c1. The zero-order chi connectivity index (χ0) is 47.0.